The van der Waals surface area contributed by atoms with E-state index in [2.05, 4.69) is 10.2 Å². The molecule has 1 aromatic heterocycles. The highest BCUT2D eigenvalue weighted by Crippen LogP contribution is 2.28. The molecule has 1 fully saturated rings. The molecule has 0 bridgehead atoms. The zero-order valence-corrected chi connectivity index (χ0v) is 13.8. The largest absolute Gasteiger partial charge is 0.420 e. The first-order valence-corrected chi connectivity index (χ1v) is 8.35. The Morgan fingerprint density at radius 3 is 2.83 bits per heavy atom. The Hall–Kier alpha value is -2.17. The van der Waals surface area contributed by atoms with E-state index in [4.69, 9.17) is 4.42 Å². The maximum absolute atomic E-state index is 12.1. The Balaban J connectivity index is 1.72. The fourth-order valence-electron chi connectivity index (χ4n) is 2.99. The number of carbonyl (C=O) groups excluding carboxylic acids is 1. The van der Waals surface area contributed by atoms with Gasteiger partial charge < -0.3 is 9.32 Å². The van der Waals surface area contributed by atoms with Crippen LogP contribution in [0.5, 0.6) is 0 Å². The first-order valence-electron chi connectivity index (χ1n) is 8.35. The number of piperidine rings is 1. The summed E-state index contributed by atoms with van der Waals surface area (Å²) in [4.78, 5) is 14.0. The molecule has 0 spiro atoms. The average molecular weight is 313 g/mol. The van der Waals surface area contributed by atoms with E-state index in [9.17, 15) is 4.79 Å². The summed E-state index contributed by atoms with van der Waals surface area (Å²) in [6, 6.07) is 8.05. The Bertz CT molecular complexity index is 663. The number of aromatic nitrogens is 2. The fraction of sp³-hybridized carbons (Fsp3) is 0.500. The molecule has 3 rings (SSSR count). The van der Waals surface area contributed by atoms with Gasteiger partial charge in [0.1, 0.15) is 0 Å². The van der Waals surface area contributed by atoms with E-state index >= 15 is 0 Å². The number of hydrogen-bond acceptors (Lipinski definition) is 4. The molecule has 2 heterocycles. The van der Waals surface area contributed by atoms with Crippen LogP contribution in [0.3, 0.4) is 0 Å². The van der Waals surface area contributed by atoms with E-state index in [1.165, 1.54) is 5.56 Å². The van der Waals surface area contributed by atoms with Gasteiger partial charge in [-0.25, -0.2) is 0 Å². The molecule has 2 aromatic rings. The van der Waals surface area contributed by atoms with Crippen molar-refractivity contribution in [2.75, 3.05) is 13.1 Å². The summed E-state index contributed by atoms with van der Waals surface area (Å²) >= 11 is 0. The summed E-state index contributed by atoms with van der Waals surface area (Å²) in [5.74, 6) is 1.58. The SMILES string of the molecule is CCCC(=O)N1CCCC(c2nnc(-c3ccc(C)cc3)o2)C1. The molecule has 0 N–H and O–H groups in total. The van der Waals surface area contributed by atoms with Crippen molar-refractivity contribution in [3.8, 4) is 11.5 Å². The van der Waals surface area contributed by atoms with Gasteiger partial charge in [0, 0.05) is 25.1 Å². The quantitative estimate of drug-likeness (QED) is 0.866. The van der Waals surface area contributed by atoms with Crippen LogP contribution in [0.25, 0.3) is 11.5 Å². The van der Waals surface area contributed by atoms with E-state index < -0.39 is 0 Å². The van der Waals surface area contributed by atoms with Crippen molar-refractivity contribution in [1.29, 1.82) is 0 Å². The van der Waals surface area contributed by atoms with Gasteiger partial charge in [0.25, 0.3) is 0 Å². The molecule has 5 heteroatoms. The Kier molecular flexibility index (Phi) is 4.74. The first kappa shape index (κ1) is 15.7. The minimum atomic E-state index is 0.149. The standard InChI is InChI=1S/C18H23N3O2/c1-3-5-16(22)21-11-4-6-15(12-21)18-20-19-17(23-18)14-9-7-13(2)8-10-14/h7-10,15H,3-6,11-12H2,1-2H3. The van der Waals surface area contributed by atoms with E-state index in [1.54, 1.807) is 0 Å². The highest BCUT2D eigenvalue weighted by atomic mass is 16.4. The molecule has 23 heavy (non-hydrogen) atoms. The lowest BCUT2D eigenvalue weighted by Gasteiger charge is -2.31. The maximum Gasteiger partial charge on any atom is 0.247 e. The van der Waals surface area contributed by atoms with E-state index in [1.807, 2.05) is 43.0 Å². The molecule has 122 valence electrons. The molecule has 1 aliphatic heterocycles. The second kappa shape index (κ2) is 6.94. The van der Waals surface area contributed by atoms with Crippen molar-refractivity contribution in [1.82, 2.24) is 15.1 Å². The molecule has 0 radical (unpaired) electrons. The first-order chi connectivity index (χ1) is 11.2. The lowest BCUT2D eigenvalue weighted by molar-refractivity contribution is -0.132. The third kappa shape index (κ3) is 3.60. The van der Waals surface area contributed by atoms with Gasteiger partial charge in [0.15, 0.2) is 0 Å². The molecule has 1 aliphatic rings. The normalized spacial score (nSPS) is 18.2. The summed E-state index contributed by atoms with van der Waals surface area (Å²) in [5.41, 5.74) is 2.13. The van der Waals surface area contributed by atoms with Crippen LogP contribution >= 0.6 is 0 Å². The number of nitrogens with zero attached hydrogens (tertiary/aromatic N) is 3. The molecule has 0 aliphatic carbocycles. The van der Waals surface area contributed by atoms with Crippen LogP contribution in [0.4, 0.5) is 0 Å². The number of carbonyl (C=O) groups is 1. The summed E-state index contributed by atoms with van der Waals surface area (Å²) < 4.78 is 5.88. The fourth-order valence-corrected chi connectivity index (χ4v) is 2.99. The topological polar surface area (TPSA) is 59.2 Å². The van der Waals surface area contributed by atoms with Gasteiger partial charge in [-0.2, -0.15) is 0 Å². The highest BCUT2D eigenvalue weighted by Gasteiger charge is 2.28. The van der Waals surface area contributed by atoms with Crippen LogP contribution < -0.4 is 0 Å². The predicted octanol–water partition coefficient (Wildman–Crippen LogP) is 3.55. The molecular weight excluding hydrogens is 290 g/mol. The van der Waals surface area contributed by atoms with Crippen LogP contribution in [0.15, 0.2) is 28.7 Å². The molecule has 1 atom stereocenters. The van der Waals surface area contributed by atoms with Crippen molar-refractivity contribution in [2.45, 2.75) is 45.4 Å². The molecule has 1 aromatic carbocycles. The molecule has 0 saturated carbocycles. The molecule has 5 nitrogen and oxygen atoms in total. The number of amides is 1. The van der Waals surface area contributed by atoms with Crippen molar-refractivity contribution in [3.05, 3.63) is 35.7 Å². The van der Waals surface area contributed by atoms with Crippen LogP contribution in [-0.2, 0) is 4.79 Å². The maximum atomic E-state index is 12.1. The minimum Gasteiger partial charge on any atom is -0.420 e. The van der Waals surface area contributed by atoms with Crippen molar-refractivity contribution in [2.24, 2.45) is 0 Å². The number of benzene rings is 1. The third-order valence-corrected chi connectivity index (χ3v) is 4.33. The van der Waals surface area contributed by atoms with E-state index in [0.717, 1.165) is 31.4 Å². The van der Waals surface area contributed by atoms with Gasteiger partial charge in [0.2, 0.25) is 17.7 Å². The van der Waals surface area contributed by atoms with Gasteiger partial charge in [-0.05, 0) is 38.3 Å². The third-order valence-electron chi connectivity index (χ3n) is 4.33. The number of aryl methyl sites for hydroxylation is 1. The van der Waals surface area contributed by atoms with Crippen LogP contribution in [0, 0.1) is 6.92 Å². The lowest BCUT2D eigenvalue weighted by atomic mass is 9.97. The zero-order valence-electron chi connectivity index (χ0n) is 13.8. The lowest BCUT2D eigenvalue weighted by Crippen LogP contribution is -2.39. The van der Waals surface area contributed by atoms with Gasteiger partial charge in [-0.3, -0.25) is 4.79 Å². The Morgan fingerprint density at radius 2 is 2.09 bits per heavy atom. The zero-order chi connectivity index (χ0) is 16.2. The second-order valence-corrected chi connectivity index (χ2v) is 6.24. The Morgan fingerprint density at radius 1 is 1.30 bits per heavy atom. The Labute approximate surface area is 136 Å². The second-order valence-electron chi connectivity index (χ2n) is 6.24. The molecular formula is C18H23N3O2. The van der Waals surface area contributed by atoms with E-state index in [-0.39, 0.29) is 11.8 Å². The summed E-state index contributed by atoms with van der Waals surface area (Å²) in [6.07, 6.45) is 3.48. The van der Waals surface area contributed by atoms with Gasteiger partial charge >= 0.3 is 0 Å². The summed E-state index contributed by atoms with van der Waals surface area (Å²) in [6.45, 7) is 5.61. The highest BCUT2D eigenvalue weighted by molar-refractivity contribution is 5.76. The van der Waals surface area contributed by atoms with Crippen molar-refractivity contribution >= 4 is 5.91 Å². The minimum absolute atomic E-state index is 0.149. The summed E-state index contributed by atoms with van der Waals surface area (Å²) in [7, 11) is 0. The smallest absolute Gasteiger partial charge is 0.247 e. The van der Waals surface area contributed by atoms with Crippen LogP contribution in [0.2, 0.25) is 0 Å². The van der Waals surface area contributed by atoms with E-state index in [0.29, 0.717) is 24.7 Å². The monoisotopic (exact) mass is 313 g/mol. The summed E-state index contributed by atoms with van der Waals surface area (Å²) in [5, 5.41) is 8.40. The van der Waals surface area contributed by atoms with Crippen LogP contribution in [-0.4, -0.2) is 34.1 Å². The average Bonchev–Trinajstić information content (AvgIpc) is 3.06. The van der Waals surface area contributed by atoms with Gasteiger partial charge in [-0.15, -0.1) is 10.2 Å². The van der Waals surface area contributed by atoms with Gasteiger partial charge in [0.05, 0.1) is 5.92 Å². The molecule has 1 unspecified atom stereocenters. The predicted molar refractivity (Wildman–Crippen MR) is 87.9 cm³/mol. The van der Waals surface area contributed by atoms with Crippen molar-refractivity contribution in [3.63, 3.8) is 0 Å². The number of likely N-dealkylation sites (tertiary alicyclic amines) is 1. The molecule has 1 saturated heterocycles. The molecule has 1 amide bonds. The van der Waals surface area contributed by atoms with Gasteiger partial charge in [-0.1, -0.05) is 24.6 Å². The number of hydrogen-bond donors (Lipinski definition) is 0. The van der Waals surface area contributed by atoms with Crippen molar-refractivity contribution < 1.29 is 9.21 Å². The number of rotatable bonds is 4. The van der Waals surface area contributed by atoms with Crippen LogP contribution in [0.1, 0.15) is 50.0 Å².